The van der Waals surface area contributed by atoms with Crippen LogP contribution in [0.15, 0.2) is 64.8 Å². The first-order chi connectivity index (χ1) is 12.1. The summed E-state index contributed by atoms with van der Waals surface area (Å²) in [4.78, 5) is 24.2. The van der Waals surface area contributed by atoms with Gasteiger partial charge in [0.2, 0.25) is 5.91 Å². The van der Waals surface area contributed by atoms with Crippen molar-refractivity contribution < 1.29 is 9.59 Å². The Morgan fingerprint density at radius 3 is 2.60 bits per heavy atom. The van der Waals surface area contributed by atoms with Crippen LogP contribution in [0.25, 0.3) is 0 Å². The van der Waals surface area contributed by atoms with Gasteiger partial charge in [0.1, 0.15) is 0 Å². The van der Waals surface area contributed by atoms with Crippen LogP contribution in [0.5, 0.6) is 0 Å². The maximum absolute atomic E-state index is 12.2. The lowest BCUT2D eigenvalue weighted by molar-refractivity contribution is -0.118. The molecule has 1 heterocycles. The van der Waals surface area contributed by atoms with Crippen molar-refractivity contribution in [2.75, 3.05) is 0 Å². The Labute approximate surface area is 154 Å². The summed E-state index contributed by atoms with van der Waals surface area (Å²) in [6, 6.07) is 16.1. The Balaban J connectivity index is 1.60. The van der Waals surface area contributed by atoms with E-state index in [0.717, 1.165) is 5.56 Å². The van der Waals surface area contributed by atoms with E-state index in [1.54, 1.807) is 42.6 Å². The molecule has 7 heteroatoms. The molecule has 1 amide bonds. The van der Waals surface area contributed by atoms with E-state index in [1.807, 2.05) is 18.2 Å². The molecule has 1 aliphatic rings. The number of Topliss-reactive ketones (excluding diaryl/α,β-unsaturated/α-hetero) is 1. The minimum atomic E-state index is -0.489. The molecule has 1 N–H and O–H groups in total. The second-order valence-electron chi connectivity index (χ2n) is 5.29. The zero-order chi connectivity index (χ0) is 17.6. The highest BCUT2D eigenvalue weighted by Crippen LogP contribution is 2.24. The SMILES string of the molecule is O=C(CC1S/C(=N/N=C/c2ccc(Cl)cc2)NC1=O)c1ccccc1. The second-order valence-corrected chi connectivity index (χ2v) is 6.92. The van der Waals surface area contributed by atoms with Crippen molar-refractivity contribution in [3.05, 3.63) is 70.7 Å². The number of carbonyl (C=O) groups is 2. The van der Waals surface area contributed by atoms with Gasteiger partial charge in [-0.15, -0.1) is 5.10 Å². The number of hydrogen-bond donors (Lipinski definition) is 1. The van der Waals surface area contributed by atoms with Crippen LogP contribution in [0.1, 0.15) is 22.3 Å². The van der Waals surface area contributed by atoms with E-state index in [9.17, 15) is 9.59 Å². The molecular formula is C18H14ClN3O2S. The van der Waals surface area contributed by atoms with Crippen LogP contribution in [0.3, 0.4) is 0 Å². The van der Waals surface area contributed by atoms with Crippen molar-refractivity contribution in [1.82, 2.24) is 5.32 Å². The lowest BCUT2D eigenvalue weighted by Crippen LogP contribution is -2.26. The molecule has 25 heavy (non-hydrogen) atoms. The number of nitrogens with zero attached hydrogens (tertiary/aromatic N) is 2. The Morgan fingerprint density at radius 2 is 1.88 bits per heavy atom. The number of thioether (sulfide) groups is 1. The van der Waals surface area contributed by atoms with Gasteiger partial charge in [-0.2, -0.15) is 5.10 Å². The van der Waals surface area contributed by atoms with Crippen LogP contribution >= 0.6 is 23.4 Å². The van der Waals surface area contributed by atoms with Gasteiger partial charge in [0.25, 0.3) is 0 Å². The normalized spacial score (nSPS) is 18.7. The fourth-order valence-electron chi connectivity index (χ4n) is 2.19. The smallest absolute Gasteiger partial charge is 0.240 e. The molecule has 1 unspecified atom stereocenters. The van der Waals surface area contributed by atoms with E-state index in [-0.39, 0.29) is 18.1 Å². The molecule has 0 aliphatic carbocycles. The number of benzene rings is 2. The Hall–Kier alpha value is -2.44. The van der Waals surface area contributed by atoms with Gasteiger partial charge in [0.05, 0.1) is 11.5 Å². The average Bonchev–Trinajstić information content (AvgIpc) is 2.97. The van der Waals surface area contributed by atoms with Crippen LogP contribution in [0, 0.1) is 0 Å². The maximum Gasteiger partial charge on any atom is 0.240 e. The van der Waals surface area contributed by atoms with Crippen molar-refractivity contribution in [2.45, 2.75) is 11.7 Å². The average molecular weight is 372 g/mol. The van der Waals surface area contributed by atoms with E-state index >= 15 is 0 Å². The van der Waals surface area contributed by atoms with Gasteiger partial charge in [-0.1, -0.05) is 65.8 Å². The Kier molecular flexibility index (Phi) is 5.63. The van der Waals surface area contributed by atoms with E-state index < -0.39 is 5.25 Å². The molecule has 1 atom stereocenters. The molecule has 2 aromatic rings. The van der Waals surface area contributed by atoms with Gasteiger partial charge in [-0.25, -0.2) is 0 Å². The molecule has 0 saturated carbocycles. The van der Waals surface area contributed by atoms with Crippen LogP contribution < -0.4 is 5.32 Å². The molecule has 1 aliphatic heterocycles. The third-order valence-corrected chi connectivity index (χ3v) is 4.79. The fraction of sp³-hybridized carbons (Fsp3) is 0.111. The predicted molar refractivity (Wildman–Crippen MR) is 101 cm³/mol. The lowest BCUT2D eigenvalue weighted by Gasteiger charge is -2.04. The monoisotopic (exact) mass is 371 g/mol. The van der Waals surface area contributed by atoms with Gasteiger partial charge >= 0.3 is 0 Å². The van der Waals surface area contributed by atoms with E-state index in [1.165, 1.54) is 11.8 Å². The highest BCUT2D eigenvalue weighted by Gasteiger charge is 2.32. The quantitative estimate of drug-likeness (QED) is 0.496. The first kappa shape index (κ1) is 17.4. The number of amides is 1. The molecule has 0 radical (unpaired) electrons. The summed E-state index contributed by atoms with van der Waals surface area (Å²) in [5.41, 5.74) is 1.45. The van der Waals surface area contributed by atoms with Gasteiger partial charge in [-0.05, 0) is 17.7 Å². The summed E-state index contributed by atoms with van der Waals surface area (Å²) in [6.07, 6.45) is 1.69. The van der Waals surface area contributed by atoms with Crippen LogP contribution in [-0.2, 0) is 4.79 Å². The van der Waals surface area contributed by atoms with Crippen molar-refractivity contribution in [3.63, 3.8) is 0 Å². The third kappa shape index (κ3) is 4.78. The second kappa shape index (κ2) is 8.09. The molecular weight excluding hydrogens is 358 g/mol. The number of nitrogens with one attached hydrogen (secondary N) is 1. The van der Waals surface area contributed by atoms with Gasteiger partial charge in [0.15, 0.2) is 11.0 Å². The molecule has 3 rings (SSSR count). The van der Waals surface area contributed by atoms with Crippen molar-refractivity contribution in [3.8, 4) is 0 Å². The van der Waals surface area contributed by atoms with Gasteiger partial charge in [-0.3, -0.25) is 9.59 Å². The molecule has 0 bridgehead atoms. The summed E-state index contributed by atoms with van der Waals surface area (Å²) >= 11 is 7.03. The highest BCUT2D eigenvalue weighted by atomic mass is 35.5. The zero-order valence-electron chi connectivity index (χ0n) is 13.1. The van der Waals surface area contributed by atoms with Crippen LogP contribution in [0.2, 0.25) is 5.02 Å². The summed E-state index contributed by atoms with van der Waals surface area (Å²) in [7, 11) is 0. The zero-order valence-corrected chi connectivity index (χ0v) is 14.6. The molecule has 1 fully saturated rings. The Morgan fingerprint density at radius 1 is 1.16 bits per heavy atom. The third-order valence-electron chi connectivity index (χ3n) is 3.47. The van der Waals surface area contributed by atoms with E-state index in [2.05, 4.69) is 15.5 Å². The molecule has 0 aromatic heterocycles. The van der Waals surface area contributed by atoms with Gasteiger partial charge < -0.3 is 5.32 Å². The fourth-order valence-corrected chi connectivity index (χ4v) is 3.24. The van der Waals surface area contributed by atoms with E-state index in [0.29, 0.717) is 15.8 Å². The number of hydrogen-bond acceptors (Lipinski definition) is 5. The Bertz CT molecular complexity index is 835. The summed E-state index contributed by atoms with van der Waals surface area (Å²) in [5.74, 6) is -0.297. The molecule has 5 nitrogen and oxygen atoms in total. The lowest BCUT2D eigenvalue weighted by atomic mass is 10.1. The maximum atomic E-state index is 12.2. The minimum absolute atomic E-state index is 0.0702. The molecule has 0 spiro atoms. The first-order valence-corrected chi connectivity index (χ1v) is 8.80. The number of amidine groups is 1. The minimum Gasteiger partial charge on any atom is -0.303 e. The first-order valence-electron chi connectivity index (χ1n) is 7.54. The molecule has 126 valence electrons. The van der Waals surface area contributed by atoms with Gasteiger partial charge in [0, 0.05) is 17.0 Å². The number of halogens is 1. The predicted octanol–water partition coefficient (Wildman–Crippen LogP) is 3.53. The summed E-state index contributed by atoms with van der Waals surface area (Å²) in [5, 5.41) is 11.1. The van der Waals surface area contributed by atoms with Crippen LogP contribution in [-0.4, -0.2) is 28.3 Å². The number of ketones is 1. The standard InChI is InChI=1S/C18H14ClN3O2S/c19-14-8-6-12(7-9-14)11-20-22-18-21-17(24)16(25-18)10-15(23)13-4-2-1-3-5-13/h1-9,11,16H,10H2,(H,21,22,24)/b20-11+. The van der Waals surface area contributed by atoms with Crippen LogP contribution in [0.4, 0.5) is 0 Å². The van der Waals surface area contributed by atoms with Crippen molar-refractivity contribution >= 4 is 46.4 Å². The van der Waals surface area contributed by atoms with Crippen molar-refractivity contribution in [1.29, 1.82) is 0 Å². The highest BCUT2D eigenvalue weighted by molar-refractivity contribution is 8.15. The topological polar surface area (TPSA) is 70.9 Å². The molecule has 2 aromatic carbocycles. The van der Waals surface area contributed by atoms with Crippen molar-refractivity contribution in [2.24, 2.45) is 10.2 Å². The van der Waals surface area contributed by atoms with E-state index in [4.69, 9.17) is 11.6 Å². The summed E-state index contributed by atoms with van der Waals surface area (Å²) < 4.78 is 0. The number of rotatable bonds is 5. The number of carbonyl (C=O) groups excluding carboxylic acids is 2. The molecule has 1 saturated heterocycles. The summed E-state index contributed by atoms with van der Waals surface area (Å²) in [6.45, 7) is 0. The largest absolute Gasteiger partial charge is 0.303 e.